The summed E-state index contributed by atoms with van der Waals surface area (Å²) < 4.78 is 0. The molecule has 1 aromatic carbocycles. The van der Waals surface area contributed by atoms with Gasteiger partial charge in [0.1, 0.15) is 6.61 Å². The molecule has 1 unspecified atom stereocenters. The Kier molecular flexibility index (Phi) is 6.45. The topological polar surface area (TPSA) is 67.9 Å². The minimum Gasteiger partial charge on any atom is -0.391 e. The highest BCUT2D eigenvalue weighted by atomic mass is 16.6. The summed E-state index contributed by atoms with van der Waals surface area (Å²) in [6, 6.07) is 9.59. The van der Waals surface area contributed by atoms with Crippen LogP contribution in [0.1, 0.15) is 50.5 Å². The summed E-state index contributed by atoms with van der Waals surface area (Å²) in [4.78, 5) is 20.1. The van der Waals surface area contributed by atoms with Crippen LogP contribution in [-0.4, -0.2) is 35.7 Å². The summed E-state index contributed by atoms with van der Waals surface area (Å²) in [6.45, 7) is 1.22. The van der Waals surface area contributed by atoms with Crippen LogP contribution in [0.5, 0.6) is 0 Å². The lowest BCUT2D eigenvalue weighted by molar-refractivity contribution is -0.133. The predicted molar refractivity (Wildman–Crippen MR) is 99.0 cm³/mol. The lowest BCUT2D eigenvalue weighted by Gasteiger charge is -2.31. The molecule has 2 fully saturated rings. The minimum atomic E-state index is -0.362. The maximum Gasteiger partial charge on any atom is 0.240 e. The number of benzene rings is 1. The fourth-order valence-electron chi connectivity index (χ4n) is 3.91. The van der Waals surface area contributed by atoms with Crippen LogP contribution in [-0.2, 0) is 16.2 Å². The van der Waals surface area contributed by atoms with Crippen LogP contribution >= 0.6 is 0 Å². The average Bonchev–Trinajstić information content (AvgIpc) is 3.14. The largest absolute Gasteiger partial charge is 0.391 e. The van der Waals surface area contributed by atoms with E-state index in [0.717, 1.165) is 37.8 Å². The van der Waals surface area contributed by atoms with E-state index in [4.69, 9.17) is 10.6 Å². The van der Waals surface area contributed by atoms with Gasteiger partial charge >= 0.3 is 0 Å². The van der Waals surface area contributed by atoms with Crippen molar-refractivity contribution in [2.75, 3.05) is 6.54 Å². The molecule has 5 heteroatoms. The second kappa shape index (κ2) is 8.99. The molecule has 1 aromatic rings. The molecule has 0 aromatic heterocycles. The minimum absolute atomic E-state index is 0.0120. The van der Waals surface area contributed by atoms with Crippen LogP contribution in [0.3, 0.4) is 0 Å². The lowest BCUT2D eigenvalue weighted by Crippen LogP contribution is -2.50. The van der Waals surface area contributed by atoms with Crippen molar-refractivity contribution < 1.29 is 9.63 Å². The fourth-order valence-corrected chi connectivity index (χ4v) is 3.91. The van der Waals surface area contributed by atoms with Gasteiger partial charge in [-0.15, -0.1) is 0 Å². The van der Waals surface area contributed by atoms with Gasteiger partial charge in [0, 0.05) is 6.54 Å². The Labute approximate surface area is 150 Å². The molecular formula is C20H29N3O2. The molecule has 5 nitrogen and oxygen atoms in total. The Morgan fingerprint density at radius 3 is 2.72 bits per heavy atom. The molecule has 2 N–H and O–H groups in total. The molecule has 136 valence electrons. The molecule has 0 spiro atoms. The molecule has 1 heterocycles. The van der Waals surface area contributed by atoms with Crippen LogP contribution in [0.4, 0.5) is 0 Å². The van der Waals surface area contributed by atoms with Crippen LogP contribution in [0, 0.1) is 5.92 Å². The highest BCUT2D eigenvalue weighted by Gasteiger charge is 2.34. The Morgan fingerprint density at radius 1 is 1.20 bits per heavy atom. The van der Waals surface area contributed by atoms with Crippen molar-refractivity contribution >= 4 is 12.1 Å². The number of rotatable bonds is 6. The summed E-state index contributed by atoms with van der Waals surface area (Å²) >= 11 is 0. The van der Waals surface area contributed by atoms with Gasteiger partial charge in [0.15, 0.2) is 0 Å². The summed E-state index contributed by atoms with van der Waals surface area (Å²) in [7, 11) is 0. The first-order valence-electron chi connectivity index (χ1n) is 9.51. The first-order valence-corrected chi connectivity index (χ1v) is 9.51. The fraction of sp³-hybridized carbons (Fsp3) is 0.600. The predicted octanol–water partition coefficient (Wildman–Crippen LogP) is 3.09. The van der Waals surface area contributed by atoms with Gasteiger partial charge < -0.3 is 15.5 Å². The molecule has 0 radical (unpaired) electrons. The van der Waals surface area contributed by atoms with Gasteiger partial charge in [0.25, 0.3) is 0 Å². The number of carbonyl (C=O) groups is 1. The maximum absolute atomic E-state index is 12.8. The highest BCUT2D eigenvalue weighted by molar-refractivity contribution is 5.85. The zero-order valence-corrected chi connectivity index (χ0v) is 14.8. The Hall–Kier alpha value is -1.88. The van der Waals surface area contributed by atoms with Crippen LogP contribution in [0.25, 0.3) is 0 Å². The molecule has 1 aliphatic carbocycles. The van der Waals surface area contributed by atoms with Crippen molar-refractivity contribution in [1.82, 2.24) is 4.90 Å². The normalized spacial score (nSPS) is 23.1. The number of likely N-dealkylation sites (tertiary alicyclic amines) is 1. The quantitative estimate of drug-likeness (QED) is 0.637. The van der Waals surface area contributed by atoms with Gasteiger partial charge in [-0.2, -0.15) is 0 Å². The number of nitrogens with zero attached hydrogens (tertiary/aromatic N) is 2. The van der Waals surface area contributed by atoms with Crippen molar-refractivity contribution in [3.8, 4) is 0 Å². The van der Waals surface area contributed by atoms with Crippen LogP contribution in [0.2, 0.25) is 0 Å². The number of nitrogens with two attached hydrogens (primary N) is 1. The first-order chi connectivity index (χ1) is 12.3. The SMILES string of the molecule is N[C@H](C(=O)N1CCCC1C=NOCc1ccccc1)C1CCCCC1. The third-order valence-corrected chi connectivity index (χ3v) is 5.41. The maximum atomic E-state index is 12.8. The first kappa shape index (κ1) is 17.9. The molecule has 1 amide bonds. The smallest absolute Gasteiger partial charge is 0.240 e. The van der Waals surface area contributed by atoms with Crippen molar-refractivity contribution in [3.05, 3.63) is 35.9 Å². The van der Waals surface area contributed by atoms with Gasteiger partial charge in [0.05, 0.1) is 18.3 Å². The summed E-state index contributed by atoms with van der Waals surface area (Å²) in [6.07, 6.45) is 9.53. The van der Waals surface area contributed by atoms with Crippen LogP contribution < -0.4 is 5.73 Å². The summed E-state index contributed by atoms with van der Waals surface area (Å²) in [5.41, 5.74) is 7.38. The van der Waals surface area contributed by atoms with Gasteiger partial charge in [-0.25, -0.2) is 0 Å². The number of amides is 1. The van der Waals surface area contributed by atoms with E-state index in [9.17, 15) is 4.79 Å². The number of hydrogen-bond acceptors (Lipinski definition) is 4. The molecule has 1 aliphatic heterocycles. The molecule has 2 aliphatic rings. The van der Waals surface area contributed by atoms with Crippen molar-refractivity contribution in [1.29, 1.82) is 0 Å². The standard InChI is InChI=1S/C20H29N3O2/c21-19(17-10-5-2-6-11-17)20(24)23-13-7-12-18(23)14-22-25-15-16-8-3-1-4-9-16/h1,3-4,8-9,14,17-19H,2,5-7,10-13,15,21H2/t18?,19-/m0/s1. The van der Waals surface area contributed by atoms with E-state index >= 15 is 0 Å². The van der Waals surface area contributed by atoms with E-state index in [-0.39, 0.29) is 18.0 Å². The third-order valence-electron chi connectivity index (χ3n) is 5.41. The van der Waals surface area contributed by atoms with Gasteiger partial charge in [0.2, 0.25) is 5.91 Å². The van der Waals surface area contributed by atoms with E-state index in [0.29, 0.717) is 12.5 Å². The zero-order chi connectivity index (χ0) is 17.5. The van der Waals surface area contributed by atoms with Gasteiger partial charge in [-0.1, -0.05) is 54.8 Å². The van der Waals surface area contributed by atoms with E-state index in [1.54, 1.807) is 6.21 Å². The summed E-state index contributed by atoms with van der Waals surface area (Å²) in [5, 5.41) is 4.09. The van der Waals surface area contributed by atoms with Crippen molar-refractivity contribution in [3.63, 3.8) is 0 Å². The molecule has 1 saturated heterocycles. The number of hydrogen-bond donors (Lipinski definition) is 1. The highest BCUT2D eigenvalue weighted by Crippen LogP contribution is 2.28. The molecule has 25 heavy (non-hydrogen) atoms. The average molecular weight is 343 g/mol. The van der Waals surface area contributed by atoms with Crippen molar-refractivity contribution in [2.24, 2.45) is 16.8 Å². The van der Waals surface area contributed by atoms with Gasteiger partial charge in [-0.3, -0.25) is 4.79 Å². The van der Waals surface area contributed by atoms with Crippen molar-refractivity contribution in [2.45, 2.75) is 63.6 Å². The molecular weight excluding hydrogens is 314 g/mol. The summed E-state index contributed by atoms with van der Waals surface area (Å²) in [5.74, 6) is 0.428. The Morgan fingerprint density at radius 2 is 1.96 bits per heavy atom. The van der Waals surface area contributed by atoms with E-state index in [1.807, 2.05) is 35.2 Å². The van der Waals surface area contributed by atoms with E-state index in [2.05, 4.69) is 5.16 Å². The van der Waals surface area contributed by atoms with E-state index in [1.165, 1.54) is 19.3 Å². The van der Waals surface area contributed by atoms with E-state index < -0.39 is 0 Å². The second-order valence-electron chi connectivity index (χ2n) is 7.18. The molecule has 3 rings (SSSR count). The number of carbonyl (C=O) groups excluding carboxylic acids is 1. The number of oxime groups is 1. The monoisotopic (exact) mass is 343 g/mol. The van der Waals surface area contributed by atoms with Crippen LogP contribution in [0.15, 0.2) is 35.5 Å². The Bertz CT molecular complexity index is 570. The molecule has 1 saturated carbocycles. The Balaban J connectivity index is 1.50. The van der Waals surface area contributed by atoms with Gasteiger partial charge in [-0.05, 0) is 37.2 Å². The third kappa shape index (κ3) is 4.82. The zero-order valence-electron chi connectivity index (χ0n) is 14.8. The lowest BCUT2D eigenvalue weighted by atomic mass is 9.83. The molecule has 2 atom stereocenters. The second-order valence-corrected chi connectivity index (χ2v) is 7.18. The molecule has 0 bridgehead atoms.